The van der Waals surface area contributed by atoms with Crippen LogP contribution in [0.3, 0.4) is 0 Å². The van der Waals surface area contributed by atoms with Crippen molar-refractivity contribution in [1.29, 1.82) is 0 Å². The number of ether oxygens (including phenoxy) is 1. The van der Waals surface area contributed by atoms with Gasteiger partial charge in [0.2, 0.25) is 5.88 Å². The zero-order chi connectivity index (χ0) is 21.4. The molecule has 3 aromatic rings. The highest BCUT2D eigenvalue weighted by Crippen LogP contribution is 2.39. The monoisotopic (exact) mass is 407 g/mol. The fraction of sp³-hybridized carbons (Fsp3) is 0.375. The Morgan fingerprint density at radius 2 is 1.97 bits per heavy atom. The van der Waals surface area contributed by atoms with E-state index in [2.05, 4.69) is 53.8 Å². The summed E-state index contributed by atoms with van der Waals surface area (Å²) >= 11 is 0. The molecule has 30 heavy (non-hydrogen) atoms. The van der Waals surface area contributed by atoms with Gasteiger partial charge in [-0.3, -0.25) is 4.98 Å². The Balaban J connectivity index is 1.77. The van der Waals surface area contributed by atoms with Crippen LogP contribution >= 0.6 is 0 Å². The molecule has 2 aromatic carbocycles. The van der Waals surface area contributed by atoms with Crippen LogP contribution in [0.25, 0.3) is 11.1 Å². The Morgan fingerprint density at radius 1 is 1.17 bits per heavy atom. The molecular weight excluding hydrogens is 378 g/mol. The van der Waals surface area contributed by atoms with Crippen molar-refractivity contribution >= 4 is 5.69 Å². The number of H-pyrrole nitrogens is 2. The number of hydrogen-bond donors (Lipinski definition) is 3. The van der Waals surface area contributed by atoms with Gasteiger partial charge in [-0.15, -0.1) is 0 Å². The Labute approximate surface area is 176 Å². The van der Waals surface area contributed by atoms with Crippen molar-refractivity contribution in [3.8, 4) is 22.8 Å². The maximum atomic E-state index is 11.5. The predicted octanol–water partition coefficient (Wildman–Crippen LogP) is 4.14. The first-order chi connectivity index (χ1) is 14.4. The molecule has 0 saturated heterocycles. The zero-order valence-corrected chi connectivity index (χ0v) is 18.0. The van der Waals surface area contributed by atoms with Crippen molar-refractivity contribution in [1.82, 2.24) is 9.97 Å². The van der Waals surface area contributed by atoms with Crippen LogP contribution in [0.1, 0.15) is 42.7 Å². The van der Waals surface area contributed by atoms with Gasteiger partial charge in [0.05, 0.1) is 12.8 Å². The Hall–Kier alpha value is -3.15. The van der Waals surface area contributed by atoms with Crippen LogP contribution in [0.15, 0.2) is 35.1 Å². The molecule has 4 rings (SSSR count). The van der Waals surface area contributed by atoms with Gasteiger partial charge < -0.3 is 19.7 Å². The number of fused-ring (bicyclic) bond motifs is 1. The maximum Gasteiger partial charge on any atom is 0.325 e. The Morgan fingerprint density at radius 3 is 2.63 bits per heavy atom. The minimum Gasteiger partial charge on any atom is -0.496 e. The van der Waals surface area contributed by atoms with Crippen molar-refractivity contribution in [2.24, 2.45) is 0 Å². The van der Waals surface area contributed by atoms with Gasteiger partial charge in [-0.2, -0.15) is 0 Å². The van der Waals surface area contributed by atoms with Crippen molar-refractivity contribution in [3.63, 3.8) is 0 Å². The number of hydrogen-bond acceptors (Lipinski definition) is 4. The van der Waals surface area contributed by atoms with Crippen LogP contribution in [-0.4, -0.2) is 34.8 Å². The summed E-state index contributed by atoms with van der Waals surface area (Å²) in [5.74, 6) is 0.696. The summed E-state index contributed by atoms with van der Waals surface area (Å²) in [6.45, 7) is 7.72. The first-order valence-corrected chi connectivity index (χ1v) is 10.4. The van der Waals surface area contributed by atoms with E-state index in [1.165, 1.54) is 16.8 Å². The number of aromatic hydroxyl groups is 1. The van der Waals surface area contributed by atoms with Crippen LogP contribution in [0.4, 0.5) is 5.69 Å². The molecule has 0 fully saturated rings. The van der Waals surface area contributed by atoms with Crippen LogP contribution in [0.5, 0.6) is 11.6 Å². The third-order valence-corrected chi connectivity index (χ3v) is 5.92. The summed E-state index contributed by atoms with van der Waals surface area (Å²) in [7, 11) is 1.68. The summed E-state index contributed by atoms with van der Waals surface area (Å²) in [6, 6.07) is 11.1. The van der Waals surface area contributed by atoms with Gasteiger partial charge >= 0.3 is 5.69 Å². The molecule has 0 bridgehead atoms. The highest BCUT2D eigenvalue weighted by molar-refractivity contribution is 5.78. The predicted molar refractivity (Wildman–Crippen MR) is 120 cm³/mol. The Kier molecular flexibility index (Phi) is 5.33. The molecule has 0 spiro atoms. The molecule has 1 aliphatic rings. The second kappa shape index (κ2) is 7.94. The van der Waals surface area contributed by atoms with Gasteiger partial charge in [0.1, 0.15) is 5.75 Å². The van der Waals surface area contributed by atoms with E-state index in [0.29, 0.717) is 18.2 Å². The molecule has 0 unspecified atom stereocenters. The van der Waals surface area contributed by atoms with Crippen molar-refractivity contribution in [2.75, 3.05) is 18.6 Å². The number of anilines is 1. The summed E-state index contributed by atoms with van der Waals surface area (Å²) in [6.07, 6.45) is 2.66. The average Bonchev–Trinajstić information content (AvgIpc) is 3.03. The van der Waals surface area contributed by atoms with Crippen molar-refractivity contribution in [2.45, 2.75) is 46.1 Å². The summed E-state index contributed by atoms with van der Waals surface area (Å²) in [5.41, 5.74) is 7.14. The second-order valence-electron chi connectivity index (χ2n) is 8.30. The summed E-state index contributed by atoms with van der Waals surface area (Å²) in [4.78, 5) is 18.9. The molecule has 6 heteroatoms. The Bertz CT molecular complexity index is 1130. The van der Waals surface area contributed by atoms with Crippen LogP contribution in [0, 0.1) is 6.92 Å². The lowest BCUT2D eigenvalue weighted by atomic mass is 9.90. The van der Waals surface area contributed by atoms with Gasteiger partial charge in [-0.1, -0.05) is 6.07 Å². The van der Waals surface area contributed by atoms with E-state index >= 15 is 0 Å². The molecule has 2 heterocycles. The first kappa shape index (κ1) is 20.1. The molecule has 1 aliphatic heterocycles. The number of methoxy groups -OCH3 is 1. The van der Waals surface area contributed by atoms with E-state index in [9.17, 15) is 9.90 Å². The van der Waals surface area contributed by atoms with E-state index in [4.69, 9.17) is 4.74 Å². The third-order valence-electron chi connectivity index (χ3n) is 5.92. The normalized spacial score (nSPS) is 13.6. The average molecular weight is 408 g/mol. The van der Waals surface area contributed by atoms with E-state index in [1.807, 2.05) is 12.1 Å². The molecule has 6 nitrogen and oxygen atoms in total. The minimum atomic E-state index is -0.406. The molecule has 158 valence electrons. The quantitative estimate of drug-likeness (QED) is 0.594. The second-order valence-corrected chi connectivity index (χ2v) is 8.30. The number of aromatic amines is 2. The van der Waals surface area contributed by atoms with Crippen LogP contribution in [-0.2, 0) is 12.8 Å². The topological polar surface area (TPSA) is 81.3 Å². The molecule has 0 radical (unpaired) electrons. The van der Waals surface area contributed by atoms with Gasteiger partial charge in [0.25, 0.3) is 0 Å². The van der Waals surface area contributed by atoms with Crippen molar-refractivity contribution < 1.29 is 9.84 Å². The first-order valence-electron chi connectivity index (χ1n) is 10.4. The molecule has 0 atom stereocenters. The number of nitrogens with zero attached hydrogens (tertiary/aromatic N) is 1. The number of imidazole rings is 1. The van der Waals surface area contributed by atoms with E-state index < -0.39 is 5.69 Å². The van der Waals surface area contributed by atoms with Gasteiger partial charge in [0, 0.05) is 30.3 Å². The number of aryl methyl sites for hydroxylation is 2. The van der Waals surface area contributed by atoms with Crippen LogP contribution in [0.2, 0.25) is 0 Å². The molecule has 0 aliphatic carbocycles. The maximum absolute atomic E-state index is 11.5. The largest absolute Gasteiger partial charge is 0.496 e. The minimum absolute atomic E-state index is 0.115. The molecule has 3 N–H and O–H groups in total. The van der Waals surface area contributed by atoms with Gasteiger partial charge in [-0.25, -0.2) is 4.79 Å². The van der Waals surface area contributed by atoms with E-state index in [0.717, 1.165) is 41.8 Å². The molecule has 1 aromatic heterocycles. The van der Waals surface area contributed by atoms with E-state index in [1.54, 1.807) is 7.11 Å². The number of benzene rings is 2. The standard InChI is InChI=1S/C24H29N3O3/c1-14(2)27-9-5-6-17-13-18(15(3)10-21(17)27)19-11-16(7-8-22(19)30-4)12-20-23(28)26-24(29)25-20/h7-8,10-11,13-14,28H,5-6,9,12H2,1-4H3,(H2,25,26,29). The molecular formula is C24H29N3O3. The third kappa shape index (κ3) is 3.70. The van der Waals surface area contributed by atoms with Gasteiger partial charge in [-0.05, 0) is 80.1 Å². The molecule has 0 saturated carbocycles. The molecule has 0 amide bonds. The highest BCUT2D eigenvalue weighted by Gasteiger charge is 2.22. The smallest absolute Gasteiger partial charge is 0.325 e. The fourth-order valence-corrected chi connectivity index (χ4v) is 4.41. The lowest BCUT2D eigenvalue weighted by Crippen LogP contribution is -2.35. The number of rotatable bonds is 5. The van der Waals surface area contributed by atoms with E-state index in [-0.39, 0.29) is 5.88 Å². The van der Waals surface area contributed by atoms with Crippen LogP contribution < -0.4 is 15.3 Å². The fourth-order valence-electron chi connectivity index (χ4n) is 4.41. The summed E-state index contributed by atoms with van der Waals surface area (Å²) in [5, 5.41) is 9.91. The highest BCUT2D eigenvalue weighted by atomic mass is 16.5. The number of nitrogens with one attached hydrogen (secondary N) is 2. The van der Waals surface area contributed by atoms with Gasteiger partial charge in [0.15, 0.2) is 0 Å². The lowest BCUT2D eigenvalue weighted by Gasteiger charge is -2.35. The zero-order valence-electron chi connectivity index (χ0n) is 18.0. The summed E-state index contributed by atoms with van der Waals surface area (Å²) < 4.78 is 5.67. The van der Waals surface area contributed by atoms with Crippen molar-refractivity contribution in [3.05, 3.63) is 63.2 Å². The SMILES string of the molecule is COc1ccc(Cc2[nH]c(=O)[nH]c2O)cc1-c1cc2c(cc1C)N(C(C)C)CCC2. The lowest BCUT2D eigenvalue weighted by molar-refractivity contribution is 0.416. The number of aromatic nitrogens is 2.